The van der Waals surface area contributed by atoms with Gasteiger partial charge in [0.1, 0.15) is 0 Å². The van der Waals surface area contributed by atoms with Gasteiger partial charge in [0.05, 0.1) is 11.4 Å². The first-order chi connectivity index (χ1) is 6.75. The number of nitrogens with zero attached hydrogens (tertiary/aromatic N) is 1. The monoisotopic (exact) mass is 210 g/mol. The van der Waals surface area contributed by atoms with E-state index in [1.54, 1.807) is 0 Å². The Morgan fingerprint density at radius 1 is 1.36 bits per heavy atom. The van der Waals surface area contributed by atoms with E-state index in [1.807, 2.05) is 30.0 Å². The third-order valence-corrected chi connectivity index (χ3v) is 2.89. The second-order valence-corrected chi connectivity index (χ2v) is 4.31. The first kappa shape index (κ1) is 11.2. The van der Waals surface area contributed by atoms with Crippen LogP contribution in [0.4, 0.5) is 11.4 Å². The fourth-order valence-electron chi connectivity index (χ4n) is 1.40. The molecule has 78 valence electrons. The van der Waals surface area contributed by atoms with Crippen LogP contribution in [0.1, 0.15) is 6.42 Å². The Hall–Kier alpha value is -0.830. The number of benzene rings is 1. The number of nitrogens with two attached hydrogens (primary N) is 1. The smallest absolute Gasteiger partial charge is 0.0597 e. The van der Waals surface area contributed by atoms with Crippen LogP contribution in [-0.4, -0.2) is 25.6 Å². The van der Waals surface area contributed by atoms with Crippen LogP contribution in [0.2, 0.25) is 0 Å². The van der Waals surface area contributed by atoms with Gasteiger partial charge < -0.3 is 10.6 Å². The third-order valence-electron chi connectivity index (χ3n) is 2.19. The Balaban J connectivity index is 2.51. The number of para-hydroxylation sites is 2. The molecule has 1 aromatic carbocycles. The zero-order chi connectivity index (χ0) is 10.4. The van der Waals surface area contributed by atoms with Crippen molar-refractivity contribution in [1.82, 2.24) is 0 Å². The van der Waals surface area contributed by atoms with E-state index in [0.717, 1.165) is 17.9 Å². The average Bonchev–Trinajstić information content (AvgIpc) is 2.18. The van der Waals surface area contributed by atoms with Crippen LogP contribution in [0.25, 0.3) is 0 Å². The topological polar surface area (TPSA) is 29.3 Å². The third kappa shape index (κ3) is 3.14. The van der Waals surface area contributed by atoms with Gasteiger partial charge in [0.2, 0.25) is 0 Å². The van der Waals surface area contributed by atoms with Gasteiger partial charge in [0.25, 0.3) is 0 Å². The van der Waals surface area contributed by atoms with Gasteiger partial charge in [-0.2, -0.15) is 11.8 Å². The van der Waals surface area contributed by atoms with Crippen LogP contribution < -0.4 is 10.6 Å². The van der Waals surface area contributed by atoms with Gasteiger partial charge >= 0.3 is 0 Å². The van der Waals surface area contributed by atoms with Gasteiger partial charge in [0.15, 0.2) is 0 Å². The van der Waals surface area contributed by atoms with Crippen LogP contribution in [0.3, 0.4) is 0 Å². The van der Waals surface area contributed by atoms with Crippen molar-refractivity contribution < 1.29 is 0 Å². The molecule has 0 heterocycles. The summed E-state index contributed by atoms with van der Waals surface area (Å²) in [6.07, 6.45) is 3.34. The molecule has 0 saturated heterocycles. The molecular weight excluding hydrogens is 192 g/mol. The zero-order valence-electron chi connectivity index (χ0n) is 8.86. The predicted molar refractivity (Wildman–Crippen MR) is 67.1 cm³/mol. The Morgan fingerprint density at radius 2 is 2.07 bits per heavy atom. The van der Waals surface area contributed by atoms with E-state index in [4.69, 9.17) is 5.73 Å². The lowest BCUT2D eigenvalue weighted by molar-refractivity contribution is 0.861. The van der Waals surface area contributed by atoms with Crippen molar-refractivity contribution in [2.75, 3.05) is 36.2 Å². The molecule has 2 nitrogen and oxygen atoms in total. The molecule has 1 aromatic rings. The maximum Gasteiger partial charge on any atom is 0.0597 e. The lowest BCUT2D eigenvalue weighted by atomic mass is 10.2. The number of rotatable bonds is 5. The van der Waals surface area contributed by atoms with Crippen molar-refractivity contribution in [2.24, 2.45) is 0 Å². The molecule has 0 atom stereocenters. The maximum absolute atomic E-state index is 5.88. The van der Waals surface area contributed by atoms with Gasteiger partial charge in [-0.3, -0.25) is 0 Å². The molecule has 0 aromatic heterocycles. The van der Waals surface area contributed by atoms with Gasteiger partial charge in [-0.25, -0.2) is 0 Å². The Kier molecular flexibility index (Phi) is 4.66. The van der Waals surface area contributed by atoms with Crippen molar-refractivity contribution in [3.63, 3.8) is 0 Å². The zero-order valence-corrected chi connectivity index (χ0v) is 9.68. The minimum atomic E-state index is 0.860. The summed E-state index contributed by atoms with van der Waals surface area (Å²) in [5.41, 5.74) is 7.87. The number of hydrogen-bond acceptors (Lipinski definition) is 3. The second kappa shape index (κ2) is 5.81. The molecule has 3 heteroatoms. The highest BCUT2D eigenvalue weighted by molar-refractivity contribution is 7.98. The molecule has 0 aliphatic carbocycles. The Bertz CT molecular complexity index is 276. The Morgan fingerprint density at radius 3 is 2.71 bits per heavy atom. The summed E-state index contributed by atoms with van der Waals surface area (Å²) in [7, 11) is 2.09. The molecule has 14 heavy (non-hydrogen) atoms. The van der Waals surface area contributed by atoms with Crippen LogP contribution >= 0.6 is 11.8 Å². The molecule has 2 N–H and O–H groups in total. The van der Waals surface area contributed by atoms with Crippen molar-refractivity contribution in [1.29, 1.82) is 0 Å². The van der Waals surface area contributed by atoms with Crippen molar-refractivity contribution in [2.45, 2.75) is 6.42 Å². The van der Waals surface area contributed by atoms with Crippen LogP contribution in [0.15, 0.2) is 24.3 Å². The highest BCUT2D eigenvalue weighted by Crippen LogP contribution is 2.21. The van der Waals surface area contributed by atoms with Crippen LogP contribution in [0.5, 0.6) is 0 Å². The van der Waals surface area contributed by atoms with E-state index in [-0.39, 0.29) is 0 Å². The molecule has 0 fully saturated rings. The lowest BCUT2D eigenvalue weighted by Gasteiger charge is -2.20. The Labute approximate surface area is 90.5 Å². The van der Waals surface area contributed by atoms with E-state index >= 15 is 0 Å². The van der Waals surface area contributed by atoms with E-state index < -0.39 is 0 Å². The molecule has 0 saturated carbocycles. The molecule has 0 radical (unpaired) electrons. The predicted octanol–water partition coefficient (Wildman–Crippen LogP) is 2.46. The first-order valence-electron chi connectivity index (χ1n) is 4.80. The van der Waals surface area contributed by atoms with Gasteiger partial charge in [-0.15, -0.1) is 0 Å². The van der Waals surface area contributed by atoms with E-state index in [9.17, 15) is 0 Å². The van der Waals surface area contributed by atoms with Gasteiger partial charge in [-0.05, 0) is 30.6 Å². The summed E-state index contributed by atoms with van der Waals surface area (Å²) in [6, 6.07) is 8.00. The largest absolute Gasteiger partial charge is 0.397 e. The minimum absolute atomic E-state index is 0.860. The maximum atomic E-state index is 5.88. The van der Waals surface area contributed by atoms with Crippen LogP contribution in [0, 0.1) is 0 Å². The van der Waals surface area contributed by atoms with E-state index in [2.05, 4.69) is 24.3 Å². The molecule has 0 bridgehead atoms. The van der Waals surface area contributed by atoms with Gasteiger partial charge in [-0.1, -0.05) is 12.1 Å². The summed E-state index contributed by atoms with van der Waals surface area (Å²) in [4.78, 5) is 2.21. The van der Waals surface area contributed by atoms with Gasteiger partial charge in [0, 0.05) is 13.6 Å². The fourth-order valence-corrected chi connectivity index (χ4v) is 1.82. The number of hydrogen-bond donors (Lipinski definition) is 1. The van der Waals surface area contributed by atoms with E-state index in [0.29, 0.717) is 0 Å². The second-order valence-electron chi connectivity index (χ2n) is 3.33. The van der Waals surface area contributed by atoms with Crippen LogP contribution in [-0.2, 0) is 0 Å². The molecule has 0 unspecified atom stereocenters. The quantitative estimate of drug-likeness (QED) is 0.598. The summed E-state index contributed by atoms with van der Waals surface area (Å²) in [5.74, 6) is 1.21. The summed E-state index contributed by atoms with van der Waals surface area (Å²) < 4.78 is 0. The number of nitrogen functional groups attached to an aromatic ring is 1. The van der Waals surface area contributed by atoms with Crippen molar-refractivity contribution in [3.05, 3.63) is 24.3 Å². The fraction of sp³-hybridized carbons (Fsp3) is 0.455. The van der Waals surface area contributed by atoms with Crippen molar-refractivity contribution in [3.8, 4) is 0 Å². The molecular formula is C11H18N2S. The number of thioether (sulfide) groups is 1. The molecule has 0 aliphatic rings. The number of anilines is 2. The normalized spacial score (nSPS) is 10.1. The first-order valence-corrected chi connectivity index (χ1v) is 6.19. The summed E-state index contributed by atoms with van der Waals surface area (Å²) >= 11 is 1.89. The highest BCUT2D eigenvalue weighted by Gasteiger charge is 2.02. The molecule has 1 rings (SSSR count). The minimum Gasteiger partial charge on any atom is -0.397 e. The molecule has 0 amide bonds. The standard InChI is InChI=1S/C11H18N2S/c1-13(8-5-9-14-2)11-7-4-3-6-10(11)12/h3-4,6-7H,5,8-9,12H2,1-2H3. The molecule has 0 aliphatic heterocycles. The summed E-state index contributed by atoms with van der Waals surface area (Å²) in [5, 5.41) is 0. The SMILES string of the molecule is CSCCCN(C)c1ccccc1N. The van der Waals surface area contributed by atoms with E-state index in [1.165, 1.54) is 12.2 Å². The highest BCUT2D eigenvalue weighted by atomic mass is 32.2. The lowest BCUT2D eigenvalue weighted by Crippen LogP contribution is -2.20. The average molecular weight is 210 g/mol. The van der Waals surface area contributed by atoms with Crippen molar-refractivity contribution >= 4 is 23.1 Å². The summed E-state index contributed by atoms with van der Waals surface area (Å²) in [6.45, 7) is 1.06. The molecule has 0 spiro atoms.